The Bertz CT molecular complexity index is 1110. The molecule has 3 N–H and O–H groups in total. The van der Waals surface area contributed by atoms with Gasteiger partial charge in [0.05, 0.1) is 29.5 Å². The van der Waals surface area contributed by atoms with Gasteiger partial charge in [-0.2, -0.15) is 4.57 Å². The molecule has 0 aliphatic heterocycles. The largest absolute Gasteiger partial charge is 0.477 e. The lowest BCUT2D eigenvalue weighted by Crippen LogP contribution is -2.46. The van der Waals surface area contributed by atoms with Crippen molar-refractivity contribution in [1.82, 2.24) is 19.9 Å². The topological polar surface area (TPSA) is 103 Å². The maximum Gasteiger partial charge on any atom is 0.378 e. The molecule has 0 bridgehead atoms. The van der Waals surface area contributed by atoms with E-state index in [1.165, 1.54) is 15.9 Å². The second-order valence-corrected chi connectivity index (χ2v) is 8.11. The first-order chi connectivity index (χ1) is 13.5. The predicted octanol–water partition coefficient (Wildman–Crippen LogP) is 1.80. The van der Waals surface area contributed by atoms with E-state index >= 15 is 0 Å². The van der Waals surface area contributed by atoms with E-state index in [4.69, 9.17) is 0 Å². The molecule has 0 spiro atoms. The zero-order valence-corrected chi connectivity index (χ0v) is 16.5. The molecule has 3 aromatic heterocycles. The highest BCUT2D eigenvalue weighted by molar-refractivity contribution is 7.07. The van der Waals surface area contributed by atoms with Crippen molar-refractivity contribution in [1.29, 1.82) is 0 Å². The molecule has 3 aromatic rings. The van der Waals surface area contributed by atoms with Gasteiger partial charge in [-0.3, -0.25) is 4.79 Å². The molecule has 1 amide bonds. The molecule has 0 radical (unpaired) electrons. The van der Waals surface area contributed by atoms with Gasteiger partial charge in [0, 0.05) is 11.4 Å². The van der Waals surface area contributed by atoms with E-state index in [-0.39, 0.29) is 23.4 Å². The third-order valence-electron chi connectivity index (χ3n) is 4.54. The average molecular weight is 400 g/mol. The summed E-state index contributed by atoms with van der Waals surface area (Å²) < 4.78 is 2.93. The van der Waals surface area contributed by atoms with Crippen LogP contribution in [-0.2, 0) is 6.54 Å². The normalized spacial score (nSPS) is 14.4. The van der Waals surface area contributed by atoms with Crippen molar-refractivity contribution in [2.45, 2.75) is 39.3 Å². The third kappa shape index (κ3) is 3.45. The number of H-pyrrole nitrogens is 1. The number of amides is 1. The molecule has 0 aromatic carbocycles. The first kappa shape index (κ1) is 18.4. The maximum absolute atomic E-state index is 12.9. The second-order valence-electron chi connectivity index (χ2n) is 7.39. The van der Waals surface area contributed by atoms with Crippen LogP contribution < -0.4 is 15.4 Å². The van der Waals surface area contributed by atoms with Crippen LogP contribution in [0.25, 0.3) is 17.8 Å². The van der Waals surface area contributed by atoms with Gasteiger partial charge in [0.25, 0.3) is 5.91 Å². The molecule has 0 saturated heterocycles. The zero-order valence-electron chi connectivity index (χ0n) is 15.7. The minimum Gasteiger partial charge on any atom is -0.477 e. The zero-order chi connectivity index (χ0) is 19.8. The molecule has 1 aliphatic rings. The Balaban J connectivity index is 1.87. The number of nitrogens with zero attached hydrogens (tertiary/aromatic N) is 3. The third-order valence-corrected chi connectivity index (χ3v) is 5.15. The molecular formula is C19H22N5O3S+. The maximum atomic E-state index is 12.9. The van der Waals surface area contributed by atoms with Crippen LogP contribution in [0.1, 0.15) is 48.3 Å². The van der Waals surface area contributed by atoms with Crippen LogP contribution in [-0.4, -0.2) is 31.7 Å². The molecule has 4 rings (SSSR count). The summed E-state index contributed by atoms with van der Waals surface area (Å²) in [4.78, 5) is 29.7. The fraction of sp³-hybridized carbons (Fsp3) is 0.368. The van der Waals surface area contributed by atoms with Gasteiger partial charge in [-0.15, -0.1) is 11.3 Å². The Morgan fingerprint density at radius 2 is 2.29 bits per heavy atom. The minimum atomic E-state index is -0.570. The summed E-state index contributed by atoms with van der Waals surface area (Å²) in [5.74, 6) is -0.646. The molecule has 1 fully saturated rings. The number of rotatable bonds is 6. The number of aromatic nitrogens is 4. The quantitative estimate of drug-likeness (QED) is 0.549. The van der Waals surface area contributed by atoms with Crippen LogP contribution in [0, 0.1) is 5.92 Å². The minimum absolute atomic E-state index is 0.0887. The lowest BCUT2D eigenvalue weighted by Gasteiger charge is -2.10. The lowest BCUT2D eigenvalue weighted by molar-refractivity contribution is -0.686. The van der Waals surface area contributed by atoms with Crippen LogP contribution in [0.4, 0.5) is 0 Å². The van der Waals surface area contributed by atoms with Crippen LogP contribution >= 0.6 is 11.3 Å². The molecule has 3 heterocycles. The second kappa shape index (κ2) is 7.23. The highest BCUT2D eigenvalue weighted by atomic mass is 32.1. The summed E-state index contributed by atoms with van der Waals surface area (Å²) in [6.07, 6.45) is 7.15. The summed E-state index contributed by atoms with van der Waals surface area (Å²) in [7, 11) is 0. The van der Waals surface area contributed by atoms with E-state index in [9.17, 15) is 14.7 Å². The van der Waals surface area contributed by atoms with Gasteiger partial charge in [-0.1, -0.05) is 18.4 Å². The summed E-state index contributed by atoms with van der Waals surface area (Å²) in [6.45, 7) is 4.47. The first-order valence-corrected chi connectivity index (χ1v) is 10.2. The van der Waals surface area contributed by atoms with Gasteiger partial charge >= 0.3 is 17.1 Å². The Morgan fingerprint density at radius 1 is 1.50 bits per heavy atom. The smallest absolute Gasteiger partial charge is 0.378 e. The Labute approximate surface area is 165 Å². The summed E-state index contributed by atoms with van der Waals surface area (Å²) >= 11 is 1.50. The van der Waals surface area contributed by atoms with E-state index in [1.807, 2.05) is 31.4 Å². The van der Waals surface area contributed by atoms with Crippen molar-refractivity contribution < 1.29 is 14.5 Å². The van der Waals surface area contributed by atoms with Gasteiger partial charge < -0.3 is 10.4 Å². The van der Waals surface area contributed by atoms with Crippen molar-refractivity contribution >= 4 is 35.0 Å². The molecule has 1 saturated carbocycles. The van der Waals surface area contributed by atoms with Gasteiger partial charge in [0.1, 0.15) is 0 Å². The highest BCUT2D eigenvalue weighted by Crippen LogP contribution is 2.21. The first-order valence-electron chi connectivity index (χ1n) is 9.21. The molecular weight excluding hydrogens is 378 g/mol. The van der Waals surface area contributed by atoms with Crippen molar-refractivity contribution in [3.8, 4) is 5.88 Å². The molecule has 146 valence electrons. The van der Waals surface area contributed by atoms with E-state index in [1.54, 1.807) is 16.3 Å². The van der Waals surface area contributed by atoms with Crippen molar-refractivity contribution in [2.75, 3.05) is 0 Å². The van der Waals surface area contributed by atoms with Crippen molar-refractivity contribution in [3.05, 3.63) is 44.3 Å². The standard InChI is InChI=1S/C19H21N5O3S/c1-11(2)8-23-17-12(3-4-14-9-28-10-20-14)7-21-24(17)19(27)15(18(23)26)16(25)22-13-5-6-13/h3-4,7,9-11,13H,5-6,8H2,1-2H3,(H2,22,25,26,27)/p+1/b4-3+. The Morgan fingerprint density at radius 3 is 2.93 bits per heavy atom. The van der Waals surface area contributed by atoms with Gasteiger partial charge in [-0.05, 0) is 30.9 Å². The average Bonchev–Trinajstić information content (AvgIpc) is 3.14. The van der Waals surface area contributed by atoms with E-state index in [0.717, 1.165) is 24.1 Å². The SMILES string of the molecule is CC(C)C[n+]1c(O)c(C(=O)NC2CC2)c(=O)n2[nH]cc(/C=C/c3cscn3)c21. The van der Waals surface area contributed by atoms with Crippen LogP contribution in [0.5, 0.6) is 5.88 Å². The summed E-state index contributed by atoms with van der Waals surface area (Å²) in [5.41, 5.74) is 2.98. The van der Waals surface area contributed by atoms with Gasteiger partial charge in [0.2, 0.25) is 5.56 Å². The number of carbonyl (C=O) groups is 1. The molecule has 28 heavy (non-hydrogen) atoms. The van der Waals surface area contributed by atoms with Gasteiger partial charge in [0.15, 0.2) is 0 Å². The molecule has 9 heteroatoms. The number of carbonyl (C=O) groups excluding carboxylic acids is 1. The monoisotopic (exact) mass is 400 g/mol. The number of aromatic hydroxyl groups is 1. The number of fused-ring (bicyclic) bond motifs is 1. The molecule has 0 unspecified atom stereocenters. The molecule has 1 aliphatic carbocycles. The molecule has 0 atom stereocenters. The van der Waals surface area contributed by atoms with Crippen molar-refractivity contribution in [3.63, 3.8) is 0 Å². The summed E-state index contributed by atoms with van der Waals surface area (Å²) in [5, 5.41) is 18.5. The lowest BCUT2D eigenvalue weighted by atomic mass is 10.2. The van der Waals surface area contributed by atoms with E-state index in [0.29, 0.717) is 12.2 Å². The Kier molecular flexibility index (Phi) is 4.76. The fourth-order valence-corrected chi connectivity index (χ4v) is 3.61. The van der Waals surface area contributed by atoms with Gasteiger partial charge in [-0.25, -0.2) is 14.9 Å². The van der Waals surface area contributed by atoms with Crippen LogP contribution in [0.2, 0.25) is 0 Å². The number of hydrogen-bond donors (Lipinski definition) is 3. The van der Waals surface area contributed by atoms with E-state index in [2.05, 4.69) is 15.4 Å². The Hall–Kier alpha value is -2.94. The van der Waals surface area contributed by atoms with Crippen molar-refractivity contribution in [2.24, 2.45) is 5.92 Å². The number of hydrogen-bond acceptors (Lipinski definition) is 5. The van der Waals surface area contributed by atoms with Crippen LogP contribution in [0.15, 0.2) is 21.9 Å². The van der Waals surface area contributed by atoms with E-state index < -0.39 is 11.5 Å². The number of nitrogens with one attached hydrogen (secondary N) is 2. The number of thiazole rings is 1. The van der Waals surface area contributed by atoms with Crippen LogP contribution in [0.3, 0.4) is 0 Å². The predicted molar refractivity (Wildman–Crippen MR) is 106 cm³/mol. The number of aromatic amines is 1. The fourth-order valence-electron chi connectivity index (χ4n) is 3.09. The summed E-state index contributed by atoms with van der Waals surface area (Å²) in [6, 6.07) is 0.0887. The highest BCUT2D eigenvalue weighted by Gasteiger charge is 2.34. The molecule has 8 nitrogen and oxygen atoms in total.